The van der Waals surface area contributed by atoms with Crippen molar-refractivity contribution in [2.75, 3.05) is 58.3 Å². The van der Waals surface area contributed by atoms with Crippen LogP contribution in [0.15, 0.2) is 47.7 Å². The van der Waals surface area contributed by atoms with Crippen LogP contribution in [0.4, 0.5) is 5.95 Å². The van der Waals surface area contributed by atoms with Crippen molar-refractivity contribution in [3.8, 4) is 5.75 Å². The number of aromatic nitrogens is 2. The number of piperazine rings is 1. The van der Waals surface area contributed by atoms with Crippen molar-refractivity contribution >= 4 is 17.8 Å². The molecule has 9 heteroatoms. The van der Waals surface area contributed by atoms with Gasteiger partial charge in [0.25, 0.3) is 0 Å². The average Bonchev–Trinajstić information content (AvgIpc) is 2.84. The maximum absolute atomic E-state index is 12.5. The summed E-state index contributed by atoms with van der Waals surface area (Å²) in [6.07, 6.45) is 4.72. The van der Waals surface area contributed by atoms with E-state index in [9.17, 15) is 4.79 Å². The molecule has 0 atom stereocenters. The number of carbonyl (C=O) groups is 1. The Morgan fingerprint density at radius 3 is 2.48 bits per heavy atom. The maximum atomic E-state index is 12.5. The van der Waals surface area contributed by atoms with Gasteiger partial charge in [0.1, 0.15) is 5.75 Å². The molecule has 2 N–H and O–H groups in total. The monoisotopic (exact) mass is 425 g/mol. The van der Waals surface area contributed by atoms with Crippen molar-refractivity contribution < 1.29 is 9.53 Å². The van der Waals surface area contributed by atoms with E-state index in [1.807, 2.05) is 23.1 Å². The molecule has 0 unspecified atom stereocenters. The number of anilines is 1. The van der Waals surface area contributed by atoms with Gasteiger partial charge < -0.3 is 25.2 Å². The van der Waals surface area contributed by atoms with Gasteiger partial charge in [0.05, 0.1) is 7.11 Å². The first-order valence-electron chi connectivity index (χ1n) is 10.6. The minimum Gasteiger partial charge on any atom is -0.496 e. The molecule has 0 bridgehead atoms. The van der Waals surface area contributed by atoms with Crippen LogP contribution in [0.25, 0.3) is 0 Å². The molecule has 1 aliphatic rings. The topological polar surface area (TPSA) is 95.0 Å². The lowest BCUT2D eigenvalue weighted by Crippen LogP contribution is -2.50. The summed E-state index contributed by atoms with van der Waals surface area (Å²) in [5.41, 5.74) is 1.14. The van der Waals surface area contributed by atoms with Crippen molar-refractivity contribution in [2.45, 2.75) is 12.8 Å². The normalized spacial score (nSPS) is 14.3. The molecule has 1 fully saturated rings. The molecule has 1 amide bonds. The summed E-state index contributed by atoms with van der Waals surface area (Å²) in [6.45, 7) is 4.11. The van der Waals surface area contributed by atoms with Crippen LogP contribution in [0.5, 0.6) is 5.75 Å². The minimum absolute atomic E-state index is 0.144. The van der Waals surface area contributed by atoms with Crippen LogP contribution < -0.4 is 20.3 Å². The highest BCUT2D eigenvalue weighted by molar-refractivity contribution is 5.81. The maximum Gasteiger partial charge on any atom is 0.225 e. The number of para-hydroxylation sites is 1. The van der Waals surface area contributed by atoms with Gasteiger partial charge in [-0.25, -0.2) is 9.97 Å². The highest BCUT2D eigenvalue weighted by Crippen LogP contribution is 2.17. The summed E-state index contributed by atoms with van der Waals surface area (Å²) >= 11 is 0. The number of aliphatic imine (C=N–C) groups is 1. The molecule has 1 aliphatic heterocycles. The van der Waals surface area contributed by atoms with Gasteiger partial charge in [0.15, 0.2) is 5.96 Å². The van der Waals surface area contributed by atoms with Crippen LogP contribution in [0.3, 0.4) is 0 Å². The number of methoxy groups -OCH3 is 1. The molecule has 166 valence electrons. The van der Waals surface area contributed by atoms with Gasteiger partial charge in [0.2, 0.25) is 11.9 Å². The molecular formula is C22H31N7O2. The number of nitrogens with one attached hydrogen (secondary N) is 2. The third-order valence-corrected chi connectivity index (χ3v) is 5.20. The lowest BCUT2D eigenvalue weighted by atomic mass is 10.1. The minimum atomic E-state index is 0.144. The third-order valence-electron chi connectivity index (χ3n) is 5.20. The van der Waals surface area contributed by atoms with Crippen molar-refractivity contribution in [1.82, 2.24) is 25.5 Å². The predicted molar refractivity (Wildman–Crippen MR) is 122 cm³/mol. The quantitative estimate of drug-likeness (QED) is 0.480. The fourth-order valence-corrected chi connectivity index (χ4v) is 3.50. The Balaban J connectivity index is 1.34. The Morgan fingerprint density at radius 1 is 1.06 bits per heavy atom. The SMILES string of the molecule is CN=C(NCCC(=O)N1CCN(c2ncccn2)CC1)NCCc1ccccc1OC. The predicted octanol–water partition coefficient (Wildman–Crippen LogP) is 0.932. The molecule has 0 radical (unpaired) electrons. The van der Waals surface area contributed by atoms with E-state index in [-0.39, 0.29) is 5.91 Å². The van der Waals surface area contributed by atoms with E-state index >= 15 is 0 Å². The molecule has 2 aromatic rings. The number of hydrogen-bond donors (Lipinski definition) is 2. The van der Waals surface area contributed by atoms with E-state index in [1.165, 1.54) is 0 Å². The van der Waals surface area contributed by atoms with E-state index in [4.69, 9.17) is 4.74 Å². The highest BCUT2D eigenvalue weighted by atomic mass is 16.5. The summed E-state index contributed by atoms with van der Waals surface area (Å²) in [5, 5.41) is 6.50. The van der Waals surface area contributed by atoms with Gasteiger partial charge in [-0.2, -0.15) is 0 Å². The second kappa shape index (κ2) is 11.7. The van der Waals surface area contributed by atoms with E-state index in [0.717, 1.165) is 43.3 Å². The lowest BCUT2D eigenvalue weighted by Gasteiger charge is -2.34. The Labute approximate surface area is 183 Å². The summed E-state index contributed by atoms with van der Waals surface area (Å²) in [5.74, 6) is 2.44. The second-order valence-corrected chi connectivity index (χ2v) is 7.15. The van der Waals surface area contributed by atoms with Gasteiger partial charge >= 0.3 is 0 Å². The Hall–Kier alpha value is -3.36. The number of hydrogen-bond acceptors (Lipinski definition) is 6. The molecule has 9 nitrogen and oxygen atoms in total. The number of guanidine groups is 1. The van der Waals surface area contributed by atoms with Crippen LogP contribution in [-0.4, -0.2) is 80.2 Å². The number of amides is 1. The van der Waals surface area contributed by atoms with E-state index in [1.54, 1.807) is 32.6 Å². The van der Waals surface area contributed by atoms with Crippen LogP contribution in [0, 0.1) is 0 Å². The lowest BCUT2D eigenvalue weighted by molar-refractivity contribution is -0.131. The summed E-state index contributed by atoms with van der Waals surface area (Å²) in [6, 6.07) is 9.78. The molecule has 3 rings (SSSR count). The standard InChI is InChI=1S/C22H31N7O2/c1-23-21(24-12-8-18-6-3-4-7-19(18)31-2)25-13-9-20(30)28-14-16-29(17-15-28)22-26-10-5-11-27-22/h3-7,10-11H,8-9,12-17H2,1-2H3,(H2,23,24,25). The second-order valence-electron chi connectivity index (χ2n) is 7.15. The van der Waals surface area contributed by atoms with Crippen LogP contribution in [0.2, 0.25) is 0 Å². The molecule has 0 aliphatic carbocycles. The largest absolute Gasteiger partial charge is 0.496 e. The van der Waals surface area contributed by atoms with E-state index in [2.05, 4.69) is 36.6 Å². The molecule has 0 spiro atoms. The molecule has 1 aromatic heterocycles. The average molecular weight is 426 g/mol. The molecule has 0 saturated carbocycles. The zero-order valence-corrected chi connectivity index (χ0v) is 18.3. The van der Waals surface area contributed by atoms with Gasteiger partial charge in [-0.05, 0) is 24.1 Å². The summed E-state index contributed by atoms with van der Waals surface area (Å²) < 4.78 is 5.38. The Bertz CT molecular complexity index is 852. The third kappa shape index (κ3) is 6.56. The van der Waals surface area contributed by atoms with Crippen LogP contribution in [0.1, 0.15) is 12.0 Å². The first kappa shape index (κ1) is 22.3. The number of nitrogens with zero attached hydrogens (tertiary/aromatic N) is 5. The van der Waals surface area contributed by atoms with Gasteiger partial charge in [-0.15, -0.1) is 0 Å². The number of carbonyl (C=O) groups excluding carboxylic acids is 1. The summed E-state index contributed by atoms with van der Waals surface area (Å²) in [7, 11) is 3.41. The smallest absolute Gasteiger partial charge is 0.225 e. The first-order valence-corrected chi connectivity index (χ1v) is 10.6. The van der Waals surface area contributed by atoms with Crippen molar-refractivity contribution in [3.05, 3.63) is 48.3 Å². The zero-order valence-electron chi connectivity index (χ0n) is 18.3. The zero-order chi connectivity index (χ0) is 21.9. The number of rotatable bonds is 8. The molecule has 1 aromatic carbocycles. The molecule has 1 saturated heterocycles. The van der Waals surface area contributed by atoms with Crippen molar-refractivity contribution in [1.29, 1.82) is 0 Å². The van der Waals surface area contributed by atoms with Crippen molar-refractivity contribution in [2.24, 2.45) is 4.99 Å². The molecule has 31 heavy (non-hydrogen) atoms. The Morgan fingerprint density at radius 2 is 1.77 bits per heavy atom. The molecule has 2 heterocycles. The van der Waals surface area contributed by atoms with E-state index in [0.29, 0.717) is 32.0 Å². The van der Waals surface area contributed by atoms with E-state index < -0.39 is 0 Å². The first-order chi connectivity index (χ1) is 15.2. The highest BCUT2D eigenvalue weighted by Gasteiger charge is 2.22. The van der Waals surface area contributed by atoms with Gasteiger partial charge in [0, 0.05) is 65.1 Å². The number of ether oxygens (including phenoxy) is 1. The fourth-order valence-electron chi connectivity index (χ4n) is 3.50. The number of benzene rings is 1. The van der Waals surface area contributed by atoms with Crippen LogP contribution >= 0.6 is 0 Å². The Kier molecular flexibility index (Phi) is 8.45. The summed E-state index contributed by atoms with van der Waals surface area (Å²) in [4.78, 5) is 29.3. The van der Waals surface area contributed by atoms with Crippen molar-refractivity contribution in [3.63, 3.8) is 0 Å². The van der Waals surface area contributed by atoms with Gasteiger partial charge in [-0.3, -0.25) is 9.79 Å². The van der Waals surface area contributed by atoms with Gasteiger partial charge in [-0.1, -0.05) is 18.2 Å². The fraction of sp³-hybridized carbons (Fsp3) is 0.455. The molecular weight excluding hydrogens is 394 g/mol. The van der Waals surface area contributed by atoms with Crippen LogP contribution in [-0.2, 0) is 11.2 Å².